The lowest BCUT2D eigenvalue weighted by atomic mass is 10.1. The number of nitrogens with zero attached hydrogens (tertiary/aromatic N) is 3. The molecule has 2 amide bonds. The second-order valence-corrected chi connectivity index (χ2v) is 8.12. The van der Waals surface area contributed by atoms with E-state index in [-0.39, 0.29) is 29.3 Å². The summed E-state index contributed by atoms with van der Waals surface area (Å²) in [5, 5.41) is 2.71. The number of benzene rings is 2. The molecule has 0 aliphatic carbocycles. The molecule has 6 nitrogen and oxygen atoms in total. The average Bonchev–Trinajstić information content (AvgIpc) is 2.75. The smallest absolute Gasteiger partial charge is 0.315 e. The number of urea groups is 1. The predicted molar refractivity (Wildman–Crippen MR) is 118 cm³/mol. The summed E-state index contributed by atoms with van der Waals surface area (Å²) in [6.45, 7) is 3.08. The fourth-order valence-corrected chi connectivity index (χ4v) is 3.76. The maximum atomic E-state index is 13.1. The van der Waals surface area contributed by atoms with Crippen LogP contribution < -0.4 is 10.9 Å². The van der Waals surface area contributed by atoms with Crippen LogP contribution in [0.5, 0.6) is 0 Å². The molecule has 1 aromatic heterocycles. The van der Waals surface area contributed by atoms with Crippen LogP contribution in [0.3, 0.4) is 0 Å². The molecule has 1 atom stereocenters. The Hall–Kier alpha value is -3.28. The highest BCUT2D eigenvalue weighted by atomic mass is 35.5. The summed E-state index contributed by atoms with van der Waals surface area (Å²) in [5.74, 6) is 0.141. The molecule has 13 heteroatoms. The second-order valence-electron chi connectivity index (χ2n) is 7.68. The van der Waals surface area contributed by atoms with Gasteiger partial charge in [0.1, 0.15) is 5.82 Å². The van der Waals surface area contributed by atoms with Gasteiger partial charge < -0.3 is 10.2 Å². The number of rotatable bonds is 4. The maximum absolute atomic E-state index is 13.1. The molecule has 1 N–H and O–H groups in total. The molecular weight excluding hydrogens is 502 g/mol. The average molecular weight is 521 g/mol. The van der Waals surface area contributed by atoms with Gasteiger partial charge in [0.15, 0.2) is 0 Å². The highest BCUT2D eigenvalue weighted by Crippen LogP contribution is 2.37. The Morgan fingerprint density at radius 3 is 2.17 bits per heavy atom. The topological polar surface area (TPSA) is 67.2 Å². The van der Waals surface area contributed by atoms with E-state index in [0.29, 0.717) is 17.2 Å². The van der Waals surface area contributed by atoms with Crippen LogP contribution in [0.15, 0.2) is 41.2 Å². The Balaban J connectivity index is 1.99. The molecule has 0 radical (unpaired) electrons. The van der Waals surface area contributed by atoms with Crippen molar-refractivity contribution in [3.8, 4) is 0 Å². The molecule has 0 spiro atoms. The first kappa shape index (κ1) is 26.3. The third-order valence-electron chi connectivity index (χ3n) is 5.36. The van der Waals surface area contributed by atoms with Crippen molar-refractivity contribution in [3.63, 3.8) is 0 Å². The summed E-state index contributed by atoms with van der Waals surface area (Å²) in [7, 11) is 1.43. The van der Waals surface area contributed by atoms with Crippen molar-refractivity contribution in [2.45, 2.75) is 32.2 Å². The Labute approximate surface area is 200 Å². The summed E-state index contributed by atoms with van der Waals surface area (Å²) in [5.41, 5.74) is -3.96. The monoisotopic (exact) mass is 520 g/mol. The predicted octanol–water partition coefficient (Wildman–Crippen LogP) is 6.24. The van der Waals surface area contributed by atoms with E-state index in [1.165, 1.54) is 36.7 Å². The number of carbonyl (C=O) groups is 1. The summed E-state index contributed by atoms with van der Waals surface area (Å²) in [6, 6.07) is 3.42. The quantitative estimate of drug-likeness (QED) is 0.414. The lowest BCUT2D eigenvalue weighted by Crippen LogP contribution is -2.39. The van der Waals surface area contributed by atoms with Crippen LogP contribution >= 0.6 is 11.6 Å². The van der Waals surface area contributed by atoms with E-state index >= 15 is 0 Å². The van der Waals surface area contributed by atoms with Gasteiger partial charge in [-0.1, -0.05) is 11.6 Å². The summed E-state index contributed by atoms with van der Waals surface area (Å²) in [6.07, 6.45) is -10.1. The zero-order chi connectivity index (χ0) is 26.3. The number of nitrogens with one attached hydrogen (secondary N) is 1. The Kier molecular flexibility index (Phi) is 7.07. The zero-order valence-corrected chi connectivity index (χ0v) is 19.3. The van der Waals surface area contributed by atoms with Gasteiger partial charge in [0.2, 0.25) is 0 Å². The summed E-state index contributed by atoms with van der Waals surface area (Å²) >= 11 is 5.98. The molecule has 188 valence electrons. The second kappa shape index (κ2) is 9.40. The van der Waals surface area contributed by atoms with Crippen LogP contribution in [0.2, 0.25) is 5.02 Å². The minimum absolute atomic E-state index is 0.00153. The van der Waals surface area contributed by atoms with Gasteiger partial charge >= 0.3 is 18.4 Å². The molecule has 3 aromatic rings. The number of fused-ring (bicyclic) bond motifs is 1. The van der Waals surface area contributed by atoms with Gasteiger partial charge in [-0.25, -0.2) is 9.78 Å². The first-order valence-corrected chi connectivity index (χ1v) is 10.5. The van der Waals surface area contributed by atoms with E-state index in [1.807, 2.05) is 0 Å². The zero-order valence-electron chi connectivity index (χ0n) is 18.6. The van der Waals surface area contributed by atoms with Gasteiger partial charge in [-0.15, -0.1) is 0 Å². The number of halogens is 7. The summed E-state index contributed by atoms with van der Waals surface area (Å²) < 4.78 is 80.1. The van der Waals surface area contributed by atoms with Gasteiger partial charge in [-0.05, 0) is 50.2 Å². The van der Waals surface area contributed by atoms with Crippen molar-refractivity contribution in [1.29, 1.82) is 0 Å². The SMILES string of the molecule is CCN(C(=O)Nc1cc(C(F)(F)F)cc(C(F)(F)F)c1)C(C)c1nc2cc(Cl)ccc2c(=O)n1C. The lowest BCUT2D eigenvalue weighted by molar-refractivity contribution is -0.143. The number of carbonyl (C=O) groups excluding carboxylic acids is 1. The van der Waals surface area contributed by atoms with Crippen LogP contribution in [0.1, 0.15) is 36.8 Å². The highest BCUT2D eigenvalue weighted by molar-refractivity contribution is 6.31. The third kappa shape index (κ3) is 5.53. The molecule has 0 aliphatic heterocycles. The molecule has 35 heavy (non-hydrogen) atoms. The molecule has 3 rings (SSSR count). The fraction of sp³-hybridized carbons (Fsp3) is 0.318. The van der Waals surface area contributed by atoms with Gasteiger partial charge in [-0.3, -0.25) is 9.36 Å². The van der Waals surface area contributed by atoms with E-state index in [0.717, 1.165) is 4.90 Å². The van der Waals surface area contributed by atoms with Crippen molar-refractivity contribution in [2.75, 3.05) is 11.9 Å². The van der Waals surface area contributed by atoms with Crippen LogP contribution in [0.4, 0.5) is 36.8 Å². The van der Waals surface area contributed by atoms with Crippen molar-refractivity contribution in [3.05, 3.63) is 68.7 Å². The highest BCUT2D eigenvalue weighted by Gasteiger charge is 2.37. The van der Waals surface area contributed by atoms with Crippen molar-refractivity contribution in [2.24, 2.45) is 7.05 Å². The van der Waals surface area contributed by atoms with E-state index in [4.69, 9.17) is 11.6 Å². The van der Waals surface area contributed by atoms with Gasteiger partial charge in [0, 0.05) is 24.3 Å². The first-order valence-electron chi connectivity index (χ1n) is 10.2. The molecular formula is C22H19ClF6N4O2. The normalized spacial score (nSPS) is 13.1. The number of hydrogen-bond acceptors (Lipinski definition) is 3. The Morgan fingerprint density at radius 2 is 1.66 bits per heavy atom. The Morgan fingerprint density at radius 1 is 1.09 bits per heavy atom. The Bertz CT molecular complexity index is 1300. The minimum atomic E-state index is -5.06. The van der Waals surface area contributed by atoms with Gasteiger partial charge in [0.05, 0.1) is 28.1 Å². The molecule has 0 saturated carbocycles. The number of amides is 2. The van der Waals surface area contributed by atoms with Gasteiger partial charge in [-0.2, -0.15) is 26.3 Å². The molecule has 1 unspecified atom stereocenters. The van der Waals surface area contributed by atoms with Crippen molar-refractivity contribution >= 4 is 34.2 Å². The van der Waals surface area contributed by atoms with E-state index < -0.39 is 46.8 Å². The van der Waals surface area contributed by atoms with Gasteiger partial charge in [0.25, 0.3) is 5.56 Å². The molecule has 0 fully saturated rings. The minimum Gasteiger partial charge on any atom is -0.315 e. The van der Waals surface area contributed by atoms with Crippen molar-refractivity contribution in [1.82, 2.24) is 14.5 Å². The largest absolute Gasteiger partial charge is 0.416 e. The lowest BCUT2D eigenvalue weighted by Gasteiger charge is -2.29. The van der Waals surface area contributed by atoms with Crippen LogP contribution in [0, 0.1) is 0 Å². The summed E-state index contributed by atoms with van der Waals surface area (Å²) in [4.78, 5) is 31.2. The molecule has 0 saturated heterocycles. The molecule has 2 aromatic carbocycles. The van der Waals surface area contributed by atoms with E-state index in [9.17, 15) is 35.9 Å². The van der Waals surface area contributed by atoms with Crippen LogP contribution in [0.25, 0.3) is 10.9 Å². The van der Waals surface area contributed by atoms with Crippen molar-refractivity contribution < 1.29 is 31.1 Å². The van der Waals surface area contributed by atoms with E-state index in [1.54, 1.807) is 6.92 Å². The number of anilines is 1. The third-order valence-corrected chi connectivity index (χ3v) is 5.59. The number of alkyl halides is 6. The molecule has 1 heterocycles. The number of hydrogen-bond donors (Lipinski definition) is 1. The molecule has 0 bridgehead atoms. The first-order chi connectivity index (χ1) is 16.1. The maximum Gasteiger partial charge on any atom is 0.416 e. The standard InChI is InChI=1S/C22H19ClF6N4O2/c1-4-33(11(2)18-31-17-10-14(23)5-6-16(17)19(34)32(18)3)20(35)30-15-8-12(21(24,25)26)7-13(9-15)22(27,28)29/h5-11H,4H2,1-3H3,(H,30,35). The van der Waals surface area contributed by atoms with E-state index in [2.05, 4.69) is 10.3 Å². The van der Waals surface area contributed by atoms with Crippen LogP contribution in [-0.4, -0.2) is 27.0 Å². The number of aromatic nitrogens is 2. The fourth-order valence-electron chi connectivity index (χ4n) is 3.59. The molecule has 0 aliphatic rings. The van der Waals surface area contributed by atoms with Crippen LogP contribution in [-0.2, 0) is 19.4 Å².